The van der Waals surface area contributed by atoms with Crippen molar-refractivity contribution < 1.29 is 34.4 Å². The van der Waals surface area contributed by atoms with Crippen molar-refractivity contribution in [2.45, 2.75) is 13.3 Å². The Balaban J connectivity index is 0.000000396. The number of carbonyl (C=O) groups is 3. The number of carboxylic acid groups (broad SMARTS) is 2. The first kappa shape index (κ1) is 17.6. The molecule has 1 rings (SSSR count). The first-order chi connectivity index (χ1) is 9.40. The number of aliphatic hydroxyl groups excluding tert-OH is 1. The zero-order valence-corrected chi connectivity index (χ0v) is 10.9. The highest BCUT2D eigenvalue weighted by Crippen LogP contribution is 2.07. The average Bonchev–Trinajstić information content (AvgIpc) is 2.39. The summed E-state index contributed by atoms with van der Waals surface area (Å²) in [6.07, 6.45) is 0.527. The first-order valence-electron chi connectivity index (χ1n) is 5.70. The third-order valence-electron chi connectivity index (χ3n) is 2.00. The molecule has 0 fully saturated rings. The molecule has 0 saturated heterocycles. The lowest BCUT2D eigenvalue weighted by Gasteiger charge is -1.98. The summed E-state index contributed by atoms with van der Waals surface area (Å²) in [6.45, 7) is 1.75. The van der Waals surface area contributed by atoms with E-state index in [4.69, 9.17) is 15.3 Å². The fourth-order valence-electron chi connectivity index (χ4n) is 1.14. The van der Waals surface area contributed by atoms with E-state index in [0.29, 0.717) is 13.0 Å². The maximum absolute atomic E-state index is 10.5. The molecule has 0 amide bonds. The second-order valence-corrected chi connectivity index (χ2v) is 3.57. The van der Waals surface area contributed by atoms with Gasteiger partial charge < -0.3 is 20.1 Å². The molecule has 0 radical (unpaired) electrons. The van der Waals surface area contributed by atoms with E-state index >= 15 is 0 Å². The second-order valence-electron chi connectivity index (χ2n) is 3.57. The molecule has 0 atom stereocenters. The summed E-state index contributed by atoms with van der Waals surface area (Å²) in [6, 6.07) is 5.48. The van der Waals surface area contributed by atoms with E-state index in [2.05, 4.69) is 4.74 Å². The van der Waals surface area contributed by atoms with Gasteiger partial charge in [-0.2, -0.15) is 0 Å². The van der Waals surface area contributed by atoms with Gasteiger partial charge in [-0.1, -0.05) is 12.1 Å². The van der Waals surface area contributed by atoms with Crippen molar-refractivity contribution in [3.63, 3.8) is 0 Å². The van der Waals surface area contributed by atoms with Crippen LogP contribution in [0.1, 0.15) is 34.1 Å². The van der Waals surface area contributed by atoms with Gasteiger partial charge in [-0.05, 0) is 12.1 Å². The SMILES string of the molecule is CC(=O)OCCCO.O=C(O)c1ccccc1C(=O)O. The minimum absolute atomic E-state index is 0.0767. The summed E-state index contributed by atoms with van der Waals surface area (Å²) in [5.41, 5.74) is -0.380. The quantitative estimate of drug-likeness (QED) is 0.545. The Bertz CT molecular complexity index is 435. The third kappa shape index (κ3) is 7.12. The predicted molar refractivity (Wildman–Crippen MR) is 68.7 cm³/mol. The van der Waals surface area contributed by atoms with E-state index in [0.717, 1.165) is 0 Å². The second kappa shape index (κ2) is 9.51. The predicted octanol–water partition coefficient (Wildman–Crippen LogP) is 1.01. The van der Waals surface area contributed by atoms with Crippen LogP contribution in [-0.4, -0.2) is 46.4 Å². The molecule has 0 aromatic heterocycles. The fraction of sp³-hybridized carbons (Fsp3) is 0.308. The van der Waals surface area contributed by atoms with E-state index in [1.807, 2.05) is 0 Å². The van der Waals surface area contributed by atoms with Crippen LogP contribution in [0.4, 0.5) is 0 Å². The van der Waals surface area contributed by atoms with Crippen LogP contribution in [0.15, 0.2) is 24.3 Å². The zero-order valence-electron chi connectivity index (χ0n) is 10.9. The normalized spacial score (nSPS) is 9.10. The number of benzene rings is 1. The number of aromatic carboxylic acids is 2. The van der Waals surface area contributed by atoms with E-state index in [1.54, 1.807) is 0 Å². The minimum Gasteiger partial charge on any atom is -0.478 e. The molecule has 1 aromatic rings. The molecule has 0 unspecified atom stereocenters. The Morgan fingerprint density at radius 1 is 1.05 bits per heavy atom. The van der Waals surface area contributed by atoms with Crippen LogP contribution in [0.3, 0.4) is 0 Å². The number of ether oxygens (including phenoxy) is 1. The average molecular weight is 284 g/mol. The molecule has 0 saturated carbocycles. The molecule has 110 valence electrons. The van der Waals surface area contributed by atoms with Crippen molar-refractivity contribution in [2.75, 3.05) is 13.2 Å². The van der Waals surface area contributed by atoms with Crippen molar-refractivity contribution >= 4 is 17.9 Å². The van der Waals surface area contributed by atoms with Crippen molar-refractivity contribution in [3.8, 4) is 0 Å². The molecule has 0 aliphatic heterocycles. The largest absolute Gasteiger partial charge is 0.478 e. The molecule has 0 heterocycles. The Hall–Kier alpha value is -2.41. The van der Waals surface area contributed by atoms with E-state index in [9.17, 15) is 14.4 Å². The van der Waals surface area contributed by atoms with Gasteiger partial charge >= 0.3 is 17.9 Å². The lowest BCUT2D eigenvalue weighted by molar-refractivity contribution is -0.141. The fourth-order valence-corrected chi connectivity index (χ4v) is 1.14. The highest BCUT2D eigenvalue weighted by atomic mass is 16.5. The molecule has 0 spiro atoms. The molecular formula is C13H16O7. The maximum Gasteiger partial charge on any atom is 0.336 e. The number of carboxylic acids is 2. The van der Waals surface area contributed by atoms with E-state index < -0.39 is 11.9 Å². The molecule has 3 N–H and O–H groups in total. The monoisotopic (exact) mass is 284 g/mol. The van der Waals surface area contributed by atoms with Gasteiger partial charge in [0.05, 0.1) is 17.7 Å². The van der Waals surface area contributed by atoms with Gasteiger partial charge in [-0.3, -0.25) is 4.79 Å². The van der Waals surface area contributed by atoms with Crippen molar-refractivity contribution in [1.29, 1.82) is 0 Å². The number of carbonyl (C=O) groups excluding carboxylic acids is 1. The van der Waals surface area contributed by atoms with Gasteiger partial charge in [0.1, 0.15) is 0 Å². The maximum atomic E-state index is 10.5. The Kier molecular flexibility index (Phi) is 8.36. The number of hydrogen-bond donors (Lipinski definition) is 3. The van der Waals surface area contributed by atoms with Crippen LogP contribution in [0, 0.1) is 0 Å². The lowest BCUT2D eigenvalue weighted by atomic mass is 10.1. The van der Waals surface area contributed by atoms with Gasteiger partial charge in [0.15, 0.2) is 0 Å². The van der Waals surface area contributed by atoms with Crippen LogP contribution in [-0.2, 0) is 9.53 Å². The Morgan fingerprint density at radius 2 is 1.50 bits per heavy atom. The molecule has 20 heavy (non-hydrogen) atoms. The summed E-state index contributed by atoms with van der Waals surface area (Å²) in [4.78, 5) is 30.9. The van der Waals surface area contributed by atoms with Crippen molar-refractivity contribution in [3.05, 3.63) is 35.4 Å². The van der Waals surface area contributed by atoms with Crippen LogP contribution >= 0.6 is 0 Å². The minimum atomic E-state index is -1.23. The van der Waals surface area contributed by atoms with E-state index in [-0.39, 0.29) is 23.7 Å². The van der Waals surface area contributed by atoms with Crippen LogP contribution < -0.4 is 0 Å². The van der Waals surface area contributed by atoms with Gasteiger partial charge in [0.2, 0.25) is 0 Å². The number of aliphatic hydroxyl groups is 1. The summed E-state index contributed by atoms with van der Waals surface area (Å²) in [5, 5.41) is 25.3. The molecular weight excluding hydrogens is 268 g/mol. The molecule has 0 bridgehead atoms. The number of rotatable bonds is 5. The van der Waals surface area contributed by atoms with Gasteiger partial charge in [-0.25, -0.2) is 9.59 Å². The summed E-state index contributed by atoms with van der Waals surface area (Å²) in [7, 11) is 0. The van der Waals surface area contributed by atoms with Gasteiger partial charge in [-0.15, -0.1) is 0 Å². The van der Waals surface area contributed by atoms with E-state index in [1.165, 1.54) is 31.2 Å². The van der Waals surface area contributed by atoms with Gasteiger partial charge in [0, 0.05) is 20.0 Å². The smallest absolute Gasteiger partial charge is 0.336 e. The topological polar surface area (TPSA) is 121 Å². The number of hydrogen-bond acceptors (Lipinski definition) is 5. The highest BCUT2D eigenvalue weighted by molar-refractivity contribution is 6.01. The Labute approximate surface area is 115 Å². The summed E-state index contributed by atoms with van der Waals surface area (Å²) >= 11 is 0. The first-order valence-corrected chi connectivity index (χ1v) is 5.70. The molecule has 7 nitrogen and oxygen atoms in total. The molecule has 1 aromatic carbocycles. The molecule has 0 aliphatic carbocycles. The highest BCUT2D eigenvalue weighted by Gasteiger charge is 2.13. The zero-order chi connectivity index (χ0) is 15.5. The van der Waals surface area contributed by atoms with Crippen molar-refractivity contribution in [1.82, 2.24) is 0 Å². The summed E-state index contributed by atoms with van der Waals surface area (Å²) < 4.78 is 4.48. The Morgan fingerprint density at radius 3 is 1.80 bits per heavy atom. The van der Waals surface area contributed by atoms with Crippen LogP contribution in [0.2, 0.25) is 0 Å². The lowest BCUT2D eigenvalue weighted by Crippen LogP contribution is -2.06. The third-order valence-corrected chi connectivity index (χ3v) is 2.00. The van der Waals surface area contributed by atoms with Gasteiger partial charge in [0.25, 0.3) is 0 Å². The standard InChI is InChI=1S/C8H6O4.C5H10O3/c9-7(10)5-3-1-2-4-6(5)8(11)12;1-5(7)8-4-2-3-6/h1-4H,(H,9,10)(H,11,12);6H,2-4H2,1H3. The summed E-state index contributed by atoms with van der Waals surface area (Å²) in [5.74, 6) is -2.75. The van der Waals surface area contributed by atoms with Crippen LogP contribution in [0.25, 0.3) is 0 Å². The van der Waals surface area contributed by atoms with Crippen LogP contribution in [0.5, 0.6) is 0 Å². The molecule has 0 aliphatic rings. The van der Waals surface area contributed by atoms with Crippen molar-refractivity contribution in [2.24, 2.45) is 0 Å². The molecule has 7 heteroatoms. The number of esters is 1.